The molecule has 0 aromatic heterocycles. The van der Waals surface area contributed by atoms with Crippen molar-refractivity contribution < 1.29 is 28.9 Å². The van der Waals surface area contributed by atoms with E-state index in [-0.39, 0.29) is 0 Å². The highest BCUT2D eigenvalue weighted by Crippen LogP contribution is 2.37. The molecule has 0 saturated carbocycles. The molecule has 1 aliphatic rings. The normalized spacial score (nSPS) is 32.5. The Balaban J connectivity index is 2.53. The van der Waals surface area contributed by atoms with Crippen molar-refractivity contribution in [3.63, 3.8) is 0 Å². The maximum atomic E-state index is 10.7. The van der Waals surface area contributed by atoms with E-state index in [1.54, 1.807) is 0 Å². The number of likely N-dealkylation sites (N-methyl/N-ethyl adjacent to an activating group) is 1. The number of aliphatic hydroxyl groups is 1. The van der Waals surface area contributed by atoms with E-state index in [9.17, 15) is 9.67 Å². The molecule has 9 heteroatoms. The van der Waals surface area contributed by atoms with Crippen LogP contribution in [-0.4, -0.2) is 79.2 Å². The first-order valence-electron chi connectivity index (χ1n) is 5.81. The molecule has 3 N–H and O–H groups in total. The van der Waals surface area contributed by atoms with Crippen LogP contribution in [0.4, 0.5) is 0 Å². The fraction of sp³-hybridized carbons (Fsp3) is 0.800. The van der Waals surface area contributed by atoms with E-state index < -0.39 is 31.9 Å². The van der Waals surface area contributed by atoms with Gasteiger partial charge in [-0.15, -0.1) is 0 Å². The number of ether oxygens (including phenoxy) is 2. The molecule has 2 radical (unpaired) electrons. The first-order chi connectivity index (χ1) is 8.70. The minimum absolute atomic E-state index is 0.376. The van der Waals surface area contributed by atoms with Crippen molar-refractivity contribution in [1.82, 2.24) is 4.90 Å². The van der Waals surface area contributed by atoms with E-state index >= 15 is 0 Å². The summed E-state index contributed by atoms with van der Waals surface area (Å²) in [7, 11) is 5.16. The van der Waals surface area contributed by atoms with E-state index in [4.69, 9.17) is 27.1 Å². The Hall–Kier alpha value is -0.205. The number of nitrogens with zero attached hydrogens (tertiary/aromatic N) is 1. The molecule has 0 aromatic rings. The third kappa shape index (κ3) is 5.75. The third-order valence-corrected chi connectivity index (χ3v) is 3.19. The van der Waals surface area contributed by atoms with E-state index in [1.165, 1.54) is 0 Å². The summed E-state index contributed by atoms with van der Waals surface area (Å²) in [5.41, 5.74) is 0. The SMILES string of the molecule is [B][C@@H]1O[C@H](/C=C/P(=O)(O)O)[C@H](O)C1OCCN(C)C. The summed E-state index contributed by atoms with van der Waals surface area (Å²) in [5.74, 6) is 0.690. The van der Waals surface area contributed by atoms with Crippen LogP contribution < -0.4 is 0 Å². The summed E-state index contributed by atoms with van der Waals surface area (Å²) < 4.78 is 21.3. The molecule has 4 atom stereocenters. The molecule has 1 heterocycles. The monoisotopic (exact) mass is 291 g/mol. The Morgan fingerprint density at radius 1 is 1.47 bits per heavy atom. The molecule has 1 fully saturated rings. The number of rotatable bonds is 6. The van der Waals surface area contributed by atoms with Crippen molar-refractivity contribution in [1.29, 1.82) is 0 Å². The van der Waals surface area contributed by atoms with Gasteiger partial charge in [-0.2, -0.15) is 0 Å². The lowest BCUT2D eigenvalue weighted by molar-refractivity contribution is -0.0234. The Kier molecular flexibility index (Phi) is 6.20. The van der Waals surface area contributed by atoms with Crippen LogP contribution in [0.25, 0.3) is 0 Å². The van der Waals surface area contributed by atoms with E-state index in [0.717, 1.165) is 6.08 Å². The summed E-state index contributed by atoms with van der Waals surface area (Å²) >= 11 is 0. The largest absolute Gasteiger partial charge is 0.387 e. The highest BCUT2D eigenvalue weighted by Gasteiger charge is 2.40. The van der Waals surface area contributed by atoms with Gasteiger partial charge in [0, 0.05) is 18.4 Å². The van der Waals surface area contributed by atoms with Crippen LogP contribution in [0.2, 0.25) is 0 Å². The zero-order chi connectivity index (χ0) is 14.6. The molecule has 1 unspecified atom stereocenters. The lowest BCUT2D eigenvalue weighted by Gasteiger charge is -2.20. The fourth-order valence-electron chi connectivity index (χ4n) is 1.64. The van der Waals surface area contributed by atoms with Crippen molar-refractivity contribution in [2.45, 2.75) is 24.3 Å². The first kappa shape index (κ1) is 16.8. The summed E-state index contributed by atoms with van der Waals surface area (Å²) in [5, 5.41) is 9.93. The van der Waals surface area contributed by atoms with Gasteiger partial charge in [0.1, 0.15) is 26.2 Å². The second-order valence-corrected chi connectivity index (χ2v) is 6.10. The topological polar surface area (TPSA) is 99.5 Å². The van der Waals surface area contributed by atoms with Gasteiger partial charge in [0.25, 0.3) is 0 Å². The Bertz CT molecular complexity index is 360. The zero-order valence-electron chi connectivity index (χ0n) is 10.9. The summed E-state index contributed by atoms with van der Waals surface area (Å²) in [4.78, 5) is 19.4. The molecule has 1 aliphatic heterocycles. The smallest absolute Gasteiger partial charge is 0.348 e. The van der Waals surface area contributed by atoms with Gasteiger partial charge in [0.05, 0.1) is 6.61 Å². The Morgan fingerprint density at radius 2 is 2.11 bits per heavy atom. The Morgan fingerprint density at radius 3 is 2.63 bits per heavy atom. The third-order valence-electron chi connectivity index (χ3n) is 2.63. The van der Waals surface area contributed by atoms with Crippen molar-refractivity contribution in [2.24, 2.45) is 0 Å². The lowest BCUT2D eigenvalue weighted by Crippen LogP contribution is -2.36. The zero-order valence-corrected chi connectivity index (χ0v) is 11.8. The minimum Gasteiger partial charge on any atom is -0.387 e. The predicted octanol–water partition coefficient (Wildman–Crippen LogP) is -1.12. The molecule has 0 spiro atoms. The van der Waals surface area contributed by atoms with Gasteiger partial charge in [-0.1, -0.05) is 0 Å². The second-order valence-electron chi connectivity index (χ2n) is 4.63. The molecule has 0 bridgehead atoms. The number of hydrogen-bond donors (Lipinski definition) is 3. The number of hydrogen-bond acceptors (Lipinski definition) is 5. The molecular weight excluding hydrogens is 272 g/mol. The van der Waals surface area contributed by atoms with Crippen LogP contribution in [0.5, 0.6) is 0 Å². The van der Waals surface area contributed by atoms with Gasteiger partial charge < -0.3 is 29.3 Å². The molecule has 19 heavy (non-hydrogen) atoms. The quantitative estimate of drug-likeness (QED) is 0.421. The maximum absolute atomic E-state index is 10.7. The standard InChI is InChI=1S/C10H19BNO6P/c1-12(2)4-5-17-9-8(13)7(18-10(9)11)3-6-19(14,15)16/h3,6-10,13H,4-5H2,1-2H3,(H2,14,15,16)/b6-3+/t7-,8+,9?,10-/m1/s1. The first-order valence-corrected chi connectivity index (χ1v) is 7.49. The summed E-state index contributed by atoms with van der Waals surface area (Å²) in [6.45, 7) is 1.04. The highest BCUT2D eigenvalue weighted by molar-refractivity contribution is 7.55. The maximum Gasteiger partial charge on any atom is 0.348 e. The molecule has 0 aromatic carbocycles. The minimum atomic E-state index is -4.28. The van der Waals surface area contributed by atoms with E-state index in [1.807, 2.05) is 19.0 Å². The molecular formula is C10H19BNO6P. The lowest BCUT2D eigenvalue weighted by atomic mass is 9.93. The van der Waals surface area contributed by atoms with Gasteiger partial charge in [-0.3, -0.25) is 4.57 Å². The fourth-order valence-corrected chi connectivity index (χ4v) is 2.04. The van der Waals surface area contributed by atoms with Crippen LogP contribution in [0.15, 0.2) is 11.9 Å². The second kappa shape index (κ2) is 6.99. The van der Waals surface area contributed by atoms with Crippen LogP contribution in [0, 0.1) is 0 Å². The van der Waals surface area contributed by atoms with Gasteiger partial charge in [-0.25, -0.2) is 0 Å². The highest BCUT2D eigenvalue weighted by atomic mass is 31.2. The van der Waals surface area contributed by atoms with E-state index in [0.29, 0.717) is 19.0 Å². The van der Waals surface area contributed by atoms with Crippen LogP contribution in [0.3, 0.4) is 0 Å². The van der Waals surface area contributed by atoms with Gasteiger partial charge in [-0.05, 0) is 20.2 Å². The van der Waals surface area contributed by atoms with Crippen LogP contribution in [-0.2, 0) is 14.0 Å². The van der Waals surface area contributed by atoms with Gasteiger partial charge >= 0.3 is 7.60 Å². The molecule has 1 rings (SSSR count). The summed E-state index contributed by atoms with van der Waals surface area (Å²) in [6.07, 6.45) is -1.54. The Labute approximate surface area is 113 Å². The van der Waals surface area contributed by atoms with Crippen LogP contribution in [0.1, 0.15) is 0 Å². The molecule has 0 amide bonds. The number of aliphatic hydroxyl groups excluding tert-OH is 1. The van der Waals surface area contributed by atoms with Gasteiger partial charge in [0.15, 0.2) is 0 Å². The molecule has 0 aliphatic carbocycles. The van der Waals surface area contributed by atoms with Crippen molar-refractivity contribution in [3.05, 3.63) is 11.9 Å². The van der Waals surface area contributed by atoms with E-state index in [2.05, 4.69) is 0 Å². The average molecular weight is 291 g/mol. The van der Waals surface area contributed by atoms with Crippen molar-refractivity contribution >= 4 is 15.4 Å². The van der Waals surface area contributed by atoms with Gasteiger partial charge in [0.2, 0.25) is 0 Å². The molecule has 7 nitrogen and oxygen atoms in total. The summed E-state index contributed by atoms with van der Waals surface area (Å²) in [6, 6.07) is -0.830. The van der Waals surface area contributed by atoms with Crippen molar-refractivity contribution in [2.75, 3.05) is 27.2 Å². The predicted molar refractivity (Wildman–Crippen MR) is 69.9 cm³/mol. The molecule has 1 saturated heterocycles. The van der Waals surface area contributed by atoms with Crippen LogP contribution >= 0.6 is 7.60 Å². The average Bonchev–Trinajstić information content (AvgIpc) is 2.52. The molecule has 108 valence electrons. The van der Waals surface area contributed by atoms with Crippen molar-refractivity contribution in [3.8, 4) is 0 Å².